The van der Waals surface area contributed by atoms with Crippen LogP contribution in [0.25, 0.3) is 0 Å². The van der Waals surface area contributed by atoms with Gasteiger partial charge in [-0.25, -0.2) is 0 Å². The van der Waals surface area contributed by atoms with Crippen molar-refractivity contribution in [2.45, 2.75) is 19.4 Å². The van der Waals surface area contributed by atoms with Crippen molar-refractivity contribution in [2.75, 3.05) is 18.5 Å². The number of amidine groups is 1. The van der Waals surface area contributed by atoms with Crippen molar-refractivity contribution in [3.05, 3.63) is 12.4 Å². The summed E-state index contributed by atoms with van der Waals surface area (Å²) in [6.45, 7) is 1.57. The lowest BCUT2D eigenvalue weighted by atomic mass is 10.3. The summed E-state index contributed by atoms with van der Waals surface area (Å²) in [5, 5.41) is 16.0. The Labute approximate surface area is 82.5 Å². The summed E-state index contributed by atoms with van der Waals surface area (Å²) in [7, 11) is 0. The van der Waals surface area contributed by atoms with Gasteiger partial charge in [-0.15, -0.1) is 0 Å². The van der Waals surface area contributed by atoms with E-state index in [1.54, 1.807) is 10.9 Å². The van der Waals surface area contributed by atoms with E-state index in [0.29, 0.717) is 6.54 Å². The largest absolute Gasteiger partial charge is 0.394 e. The van der Waals surface area contributed by atoms with Gasteiger partial charge in [-0.05, 0) is 6.42 Å². The summed E-state index contributed by atoms with van der Waals surface area (Å²) < 4.78 is 1.71. The van der Waals surface area contributed by atoms with Crippen molar-refractivity contribution < 1.29 is 5.11 Å². The third kappa shape index (κ3) is 2.11. The summed E-state index contributed by atoms with van der Waals surface area (Å²) >= 11 is 0. The Morgan fingerprint density at radius 2 is 2.50 bits per heavy atom. The van der Waals surface area contributed by atoms with Crippen LogP contribution in [0.3, 0.4) is 0 Å². The van der Waals surface area contributed by atoms with Crippen molar-refractivity contribution in [1.82, 2.24) is 9.78 Å². The van der Waals surface area contributed by atoms with Gasteiger partial charge in [0.25, 0.3) is 0 Å². The smallest absolute Gasteiger partial charge is 0.101 e. The fourth-order valence-corrected chi connectivity index (χ4v) is 1.46. The standard InChI is InChI=1S/C9H14N4O/c14-5-4-13-7-8(6-11-13)12-9-2-1-3-10-9/h6-7,14H,1-5H2,(H,10,12). The molecule has 0 radical (unpaired) electrons. The number of nitrogens with zero attached hydrogens (tertiary/aromatic N) is 3. The van der Waals surface area contributed by atoms with Gasteiger partial charge in [0.2, 0.25) is 0 Å². The zero-order chi connectivity index (χ0) is 9.80. The van der Waals surface area contributed by atoms with Crippen LogP contribution in [0.2, 0.25) is 0 Å². The van der Waals surface area contributed by atoms with Crippen LogP contribution in [-0.2, 0) is 6.54 Å². The van der Waals surface area contributed by atoms with Gasteiger partial charge in [0.05, 0.1) is 25.0 Å². The molecule has 2 rings (SSSR count). The normalized spacial score (nSPS) is 15.6. The van der Waals surface area contributed by atoms with Gasteiger partial charge < -0.3 is 10.4 Å². The maximum Gasteiger partial charge on any atom is 0.101 e. The molecule has 0 unspecified atom stereocenters. The second-order valence-electron chi connectivity index (χ2n) is 3.27. The molecule has 1 aliphatic heterocycles. The average Bonchev–Trinajstić information content (AvgIpc) is 2.79. The first kappa shape index (κ1) is 9.21. The predicted molar refractivity (Wildman–Crippen MR) is 54.5 cm³/mol. The lowest BCUT2D eigenvalue weighted by Crippen LogP contribution is -2.07. The van der Waals surface area contributed by atoms with Crippen LogP contribution in [-0.4, -0.2) is 33.9 Å². The molecule has 1 aromatic heterocycles. The zero-order valence-corrected chi connectivity index (χ0v) is 7.98. The Morgan fingerprint density at radius 1 is 1.57 bits per heavy atom. The third-order valence-electron chi connectivity index (χ3n) is 2.13. The van der Waals surface area contributed by atoms with E-state index < -0.39 is 0 Å². The second kappa shape index (κ2) is 4.23. The molecule has 0 amide bonds. The van der Waals surface area contributed by atoms with E-state index in [1.165, 1.54) is 0 Å². The molecule has 2 heterocycles. The minimum atomic E-state index is 0.113. The number of aliphatic hydroxyl groups is 1. The second-order valence-corrected chi connectivity index (χ2v) is 3.27. The van der Waals surface area contributed by atoms with Gasteiger partial charge in [0.15, 0.2) is 0 Å². The molecule has 14 heavy (non-hydrogen) atoms. The highest BCUT2D eigenvalue weighted by molar-refractivity contribution is 5.96. The van der Waals surface area contributed by atoms with Crippen LogP contribution in [0.5, 0.6) is 0 Å². The van der Waals surface area contributed by atoms with Gasteiger partial charge in [0.1, 0.15) is 5.84 Å². The lowest BCUT2D eigenvalue weighted by molar-refractivity contribution is 0.269. The molecule has 0 spiro atoms. The first-order valence-corrected chi connectivity index (χ1v) is 4.82. The molecule has 5 nitrogen and oxygen atoms in total. The maximum atomic E-state index is 8.71. The molecule has 0 saturated carbocycles. The minimum Gasteiger partial charge on any atom is -0.394 e. The van der Waals surface area contributed by atoms with Crippen LogP contribution in [0.15, 0.2) is 17.4 Å². The molecule has 0 saturated heterocycles. The van der Waals surface area contributed by atoms with E-state index in [4.69, 9.17) is 5.11 Å². The molecule has 0 fully saturated rings. The number of nitrogens with one attached hydrogen (secondary N) is 1. The van der Waals surface area contributed by atoms with Crippen LogP contribution < -0.4 is 5.32 Å². The fraction of sp³-hybridized carbons (Fsp3) is 0.556. The summed E-state index contributed by atoms with van der Waals surface area (Å²) in [5.74, 6) is 1.04. The highest BCUT2D eigenvalue weighted by atomic mass is 16.3. The van der Waals surface area contributed by atoms with E-state index in [2.05, 4.69) is 15.4 Å². The van der Waals surface area contributed by atoms with Gasteiger partial charge in [0, 0.05) is 19.2 Å². The lowest BCUT2D eigenvalue weighted by Gasteiger charge is -2.00. The highest BCUT2D eigenvalue weighted by Crippen LogP contribution is 2.10. The van der Waals surface area contributed by atoms with Crippen LogP contribution in [0.4, 0.5) is 5.69 Å². The Bertz CT molecular complexity index is 331. The Hall–Kier alpha value is -1.36. The van der Waals surface area contributed by atoms with Crippen LogP contribution >= 0.6 is 0 Å². The molecule has 0 bridgehead atoms. The number of rotatable bonds is 3. The Morgan fingerprint density at radius 3 is 3.21 bits per heavy atom. The molecule has 0 aliphatic carbocycles. The maximum absolute atomic E-state index is 8.71. The summed E-state index contributed by atoms with van der Waals surface area (Å²) in [5.41, 5.74) is 0.944. The molecule has 0 atom stereocenters. The van der Waals surface area contributed by atoms with E-state index >= 15 is 0 Å². The van der Waals surface area contributed by atoms with Gasteiger partial charge >= 0.3 is 0 Å². The first-order chi connectivity index (χ1) is 6.88. The fourth-order valence-electron chi connectivity index (χ4n) is 1.46. The van der Waals surface area contributed by atoms with Crippen molar-refractivity contribution in [1.29, 1.82) is 0 Å². The number of anilines is 1. The van der Waals surface area contributed by atoms with Gasteiger partial charge in [-0.1, -0.05) is 0 Å². The monoisotopic (exact) mass is 194 g/mol. The van der Waals surface area contributed by atoms with E-state index in [1.807, 2.05) is 6.20 Å². The van der Waals surface area contributed by atoms with Crippen molar-refractivity contribution >= 4 is 11.5 Å². The van der Waals surface area contributed by atoms with Gasteiger partial charge in [-0.3, -0.25) is 9.67 Å². The number of hydrogen-bond acceptors (Lipinski definition) is 4. The molecular weight excluding hydrogens is 180 g/mol. The quantitative estimate of drug-likeness (QED) is 0.735. The predicted octanol–water partition coefficient (Wildman–Crippen LogP) is 0.480. The summed E-state index contributed by atoms with van der Waals surface area (Å²) in [6, 6.07) is 0. The van der Waals surface area contributed by atoms with E-state index in [9.17, 15) is 0 Å². The molecular formula is C9H14N4O. The Kier molecular flexibility index (Phi) is 2.78. The molecule has 1 aliphatic rings. The van der Waals surface area contributed by atoms with Crippen LogP contribution in [0, 0.1) is 0 Å². The third-order valence-corrected chi connectivity index (χ3v) is 2.13. The van der Waals surface area contributed by atoms with Crippen LogP contribution in [0.1, 0.15) is 12.8 Å². The summed E-state index contributed by atoms with van der Waals surface area (Å²) in [6.07, 6.45) is 5.77. The first-order valence-electron chi connectivity index (χ1n) is 4.82. The van der Waals surface area contributed by atoms with E-state index in [-0.39, 0.29) is 6.61 Å². The number of aliphatic hydroxyl groups excluding tert-OH is 1. The van der Waals surface area contributed by atoms with Crippen molar-refractivity contribution in [3.63, 3.8) is 0 Å². The molecule has 1 aromatic rings. The van der Waals surface area contributed by atoms with Crippen molar-refractivity contribution in [3.8, 4) is 0 Å². The number of aromatic nitrogens is 2. The molecule has 5 heteroatoms. The van der Waals surface area contributed by atoms with E-state index in [0.717, 1.165) is 30.9 Å². The van der Waals surface area contributed by atoms with Crippen molar-refractivity contribution in [2.24, 2.45) is 4.99 Å². The Balaban J connectivity index is 1.95. The zero-order valence-electron chi connectivity index (χ0n) is 7.98. The average molecular weight is 194 g/mol. The molecule has 0 aromatic carbocycles. The molecule has 76 valence electrons. The molecule has 2 N–H and O–H groups in total. The topological polar surface area (TPSA) is 62.4 Å². The highest BCUT2D eigenvalue weighted by Gasteiger charge is 2.06. The summed E-state index contributed by atoms with van der Waals surface area (Å²) in [4.78, 5) is 4.31. The van der Waals surface area contributed by atoms with Gasteiger partial charge in [-0.2, -0.15) is 5.10 Å². The SMILES string of the molecule is OCCn1cc(NC2=NCCC2)cn1. The minimum absolute atomic E-state index is 0.113. The number of aliphatic imine (C=N–C) groups is 1. The number of hydrogen-bond donors (Lipinski definition) is 2.